The molecule has 3 aromatic rings. The molecule has 0 saturated carbocycles. The average molecular weight is 407 g/mol. The van der Waals surface area contributed by atoms with E-state index in [-0.39, 0.29) is 29.6 Å². The lowest BCUT2D eigenvalue weighted by Crippen LogP contribution is -2.42. The highest BCUT2D eigenvalue weighted by atomic mass is 19.1. The van der Waals surface area contributed by atoms with Gasteiger partial charge in [-0.2, -0.15) is 0 Å². The molecular weight excluding hydrogens is 379 g/mol. The first kappa shape index (κ1) is 20.3. The molecule has 4 rings (SSSR count). The average Bonchev–Trinajstić information content (AvgIpc) is 2.77. The lowest BCUT2D eigenvalue weighted by molar-refractivity contribution is -0.126. The molecule has 1 saturated heterocycles. The molecule has 1 aliphatic heterocycles. The number of para-hydroxylation sites is 1. The minimum Gasteiger partial charge on any atom is -0.356 e. The molecule has 1 aliphatic rings. The van der Waals surface area contributed by atoms with Crippen molar-refractivity contribution in [1.82, 2.24) is 15.3 Å². The first-order chi connectivity index (χ1) is 14.5. The van der Waals surface area contributed by atoms with Crippen LogP contribution in [0.2, 0.25) is 0 Å². The van der Waals surface area contributed by atoms with E-state index < -0.39 is 0 Å². The normalized spacial score (nSPS) is 16.1. The van der Waals surface area contributed by atoms with E-state index >= 15 is 0 Å². The van der Waals surface area contributed by atoms with Crippen LogP contribution in [0.15, 0.2) is 54.9 Å². The Balaban J connectivity index is 1.42. The molecule has 0 unspecified atom stereocenters. The Labute approximate surface area is 176 Å². The molecule has 0 bridgehead atoms. The Morgan fingerprint density at radius 1 is 1.07 bits per heavy atom. The highest BCUT2D eigenvalue weighted by Gasteiger charge is 2.29. The predicted molar refractivity (Wildman–Crippen MR) is 117 cm³/mol. The topological polar surface area (TPSA) is 58.1 Å². The van der Waals surface area contributed by atoms with Gasteiger partial charge < -0.3 is 10.2 Å². The lowest BCUT2D eigenvalue weighted by Gasteiger charge is -2.34. The van der Waals surface area contributed by atoms with Crippen molar-refractivity contribution in [2.75, 3.05) is 18.0 Å². The molecule has 2 heterocycles. The van der Waals surface area contributed by atoms with Gasteiger partial charge in [0.05, 0.1) is 11.6 Å². The fourth-order valence-corrected chi connectivity index (χ4v) is 4.17. The molecule has 1 N–H and O–H groups in total. The summed E-state index contributed by atoms with van der Waals surface area (Å²) in [6.07, 6.45) is 3.16. The standard InChI is InChI=1S/C24H27FN4O/c1-16(2)22(17-7-9-19(25)10-8-17)28-24(30)18-11-13-29(14-12-18)23-20-5-3-4-6-21(20)26-15-27-23/h3-10,15-16,18,22H,11-14H2,1-2H3,(H,28,30)/t22-/m1/s1. The van der Waals surface area contributed by atoms with Gasteiger partial charge in [-0.15, -0.1) is 0 Å². The summed E-state index contributed by atoms with van der Waals surface area (Å²) in [7, 11) is 0. The zero-order chi connectivity index (χ0) is 21.1. The third kappa shape index (κ3) is 4.27. The van der Waals surface area contributed by atoms with Gasteiger partial charge in [0.1, 0.15) is 18.0 Å². The number of hydrogen-bond acceptors (Lipinski definition) is 4. The van der Waals surface area contributed by atoms with Gasteiger partial charge in [-0.3, -0.25) is 4.79 Å². The Kier molecular flexibility index (Phi) is 5.93. The van der Waals surface area contributed by atoms with E-state index in [4.69, 9.17) is 0 Å². The van der Waals surface area contributed by atoms with Crippen molar-refractivity contribution < 1.29 is 9.18 Å². The minimum absolute atomic E-state index is 0.0314. The number of halogens is 1. The van der Waals surface area contributed by atoms with Crippen LogP contribution in [0.3, 0.4) is 0 Å². The number of aromatic nitrogens is 2. The minimum atomic E-state index is -0.266. The summed E-state index contributed by atoms with van der Waals surface area (Å²) in [6, 6.07) is 14.3. The molecule has 156 valence electrons. The van der Waals surface area contributed by atoms with Gasteiger partial charge in [0.25, 0.3) is 0 Å². The molecule has 0 radical (unpaired) electrons. The van der Waals surface area contributed by atoms with Crippen LogP contribution in [-0.2, 0) is 4.79 Å². The zero-order valence-corrected chi connectivity index (χ0v) is 17.4. The van der Waals surface area contributed by atoms with Crippen molar-refractivity contribution in [3.05, 3.63) is 66.2 Å². The fraction of sp³-hybridized carbons (Fsp3) is 0.375. The Bertz CT molecular complexity index is 1010. The van der Waals surface area contributed by atoms with Gasteiger partial charge >= 0.3 is 0 Å². The number of benzene rings is 2. The van der Waals surface area contributed by atoms with Crippen LogP contribution >= 0.6 is 0 Å². The summed E-state index contributed by atoms with van der Waals surface area (Å²) in [4.78, 5) is 24.1. The number of carbonyl (C=O) groups excluding carboxylic acids is 1. The van der Waals surface area contributed by atoms with Crippen LogP contribution in [0.25, 0.3) is 10.9 Å². The van der Waals surface area contributed by atoms with Crippen LogP contribution < -0.4 is 10.2 Å². The monoisotopic (exact) mass is 406 g/mol. The number of anilines is 1. The maximum Gasteiger partial charge on any atom is 0.223 e. The SMILES string of the molecule is CC(C)[C@@H](NC(=O)C1CCN(c2ncnc3ccccc23)CC1)c1ccc(F)cc1. The van der Waals surface area contributed by atoms with Gasteiger partial charge in [0.2, 0.25) is 5.91 Å². The van der Waals surface area contributed by atoms with Crippen LogP contribution in [0.1, 0.15) is 38.3 Å². The largest absolute Gasteiger partial charge is 0.356 e. The molecule has 0 aliphatic carbocycles. The van der Waals surface area contributed by atoms with Crippen molar-refractivity contribution in [1.29, 1.82) is 0 Å². The number of hydrogen-bond donors (Lipinski definition) is 1. The molecule has 1 fully saturated rings. The van der Waals surface area contributed by atoms with E-state index in [0.29, 0.717) is 0 Å². The fourth-order valence-electron chi connectivity index (χ4n) is 4.17. The van der Waals surface area contributed by atoms with E-state index in [0.717, 1.165) is 48.2 Å². The van der Waals surface area contributed by atoms with E-state index in [1.807, 2.05) is 24.3 Å². The third-order valence-corrected chi connectivity index (χ3v) is 5.88. The maximum atomic E-state index is 13.3. The summed E-state index contributed by atoms with van der Waals surface area (Å²) in [5.41, 5.74) is 1.87. The number of nitrogens with zero attached hydrogens (tertiary/aromatic N) is 3. The van der Waals surface area contributed by atoms with Gasteiger partial charge in [0.15, 0.2) is 0 Å². The molecule has 5 nitrogen and oxygen atoms in total. The van der Waals surface area contributed by atoms with E-state index in [1.165, 1.54) is 12.1 Å². The van der Waals surface area contributed by atoms with Gasteiger partial charge in [0, 0.05) is 24.4 Å². The third-order valence-electron chi connectivity index (χ3n) is 5.88. The Hall–Kier alpha value is -3.02. The highest BCUT2D eigenvalue weighted by Crippen LogP contribution is 2.28. The van der Waals surface area contributed by atoms with E-state index in [9.17, 15) is 9.18 Å². The van der Waals surface area contributed by atoms with Gasteiger partial charge in [-0.25, -0.2) is 14.4 Å². The van der Waals surface area contributed by atoms with Crippen LogP contribution in [0, 0.1) is 17.7 Å². The van der Waals surface area contributed by atoms with Gasteiger partial charge in [-0.05, 0) is 48.6 Å². The van der Waals surface area contributed by atoms with Crippen molar-refractivity contribution in [2.24, 2.45) is 11.8 Å². The molecule has 6 heteroatoms. The molecule has 2 aromatic carbocycles. The molecule has 30 heavy (non-hydrogen) atoms. The quantitative estimate of drug-likeness (QED) is 0.678. The van der Waals surface area contributed by atoms with Crippen molar-refractivity contribution in [3.8, 4) is 0 Å². The summed E-state index contributed by atoms with van der Waals surface area (Å²) < 4.78 is 13.3. The Morgan fingerprint density at radius 2 is 1.77 bits per heavy atom. The maximum absolute atomic E-state index is 13.3. The number of nitrogens with one attached hydrogen (secondary N) is 1. The van der Waals surface area contributed by atoms with Gasteiger partial charge in [-0.1, -0.05) is 38.1 Å². The molecule has 1 aromatic heterocycles. The zero-order valence-electron chi connectivity index (χ0n) is 17.4. The number of amides is 1. The first-order valence-corrected chi connectivity index (χ1v) is 10.5. The van der Waals surface area contributed by atoms with E-state index in [1.54, 1.807) is 18.5 Å². The molecular formula is C24H27FN4O. The smallest absolute Gasteiger partial charge is 0.223 e. The summed E-state index contributed by atoms with van der Waals surface area (Å²) in [5.74, 6) is 0.927. The van der Waals surface area contributed by atoms with E-state index in [2.05, 4.69) is 34.0 Å². The van der Waals surface area contributed by atoms with Crippen molar-refractivity contribution >= 4 is 22.6 Å². The van der Waals surface area contributed by atoms with Crippen molar-refractivity contribution in [2.45, 2.75) is 32.7 Å². The lowest BCUT2D eigenvalue weighted by atomic mass is 9.92. The summed E-state index contributed by atoms with van der Waals surface area (Å²) >= 11 is 0. The number of fused-ring (bicyclic) bond motifs is 1. The second kappa shape index (κ2) is 8.78. The number of piperidine rings is 1. The highest BCUT2D eigenvalue weighted by molar-refractivity contribution is 5.89. The second-order valence-electron chi connectivity index (χ2n) is 8.26. The number of carbonyl (C=O) groups is 1. The summed E-state index contributed by atoms with van der Waals surface area (Å²) in [6.45, 7) is 5.69. The first-order valence-electron chi connectivity index (χ1n) is 10.5. The second-order valence-corrected chi connectivity index (χ2v) is 8.26. The van der Waals surface area contributed by atoms with Crippen LogP contribution in [0.4, 0.5) is 10.2 Å². The van der Waals surface area contributed by atoms with Crippen LogP contribution in [0.5, 0.6) is 0 Å². The summed E-state index contributed by atoms with van der Waals surface area (Å²) in [5, 5.41) is 4.24. The Morgan fingerprint density at radius 3 is 2.47 bits per heavy atom. The predicted octanol–water partition coefficient (Wildman–Crippen LogP) is 4.50. The van der Waals surface area contributed by atoms with Crippen molar-refractivity contribution in [3.63, 3.8) is 0 Å². The molecule has 1 atom stereocenters. The molecule has 0 spiro atoms. The molecule has 1 amide bonds. The van der Waals surface area contributed by atoms with Crippen LogP contribution in [-0.4, -0.2) is 29.0 Å². The number of rotatable bonds is 5.